The van der Waals surface area contributed by atoms with Gasteiger partial charge in [0.1, 0.15) is 19.3 Å². The molecule has 0 bridgehead atoms. The second kappa shape index (κ2) is 30.8. The molecule has 0 radical (unpaired) electrons. The lowest BCUT2D eigenvalue weighted by atomic mass is 10.1. The normalized spacial score (nSPS) is 12.2. The van der Waals surface area contributed by atoms with Gasteiger partial charge in [0.2, 0.25) is 5.91 Å². The van der Waals surface area contributed by atoms with E-state index in [1.54, 1.807) is 0 Å². The van der Waals surface area contributed by atoms with Gasteiger partial charge in [0.25, 0.3) is 0 Å². The number of guanidine groups is 1. The number of carbonyl (C=O) groups is 4. The van der Waals surface area contributed by atoms with Gasteiger partial charge >= 0.3 is 17.9 Å². The third kappa shape index (κ3) is 28.6. The summed E-state index contributed by atoms with van der Waals surface area (Å²) in [5, 5.41) is 2.57. The van der Waals surface area contributed by atoms with Crippen molar-refractivity contribution in [2.45, 2.75) is 174 Å². The molecule has 2 atom stereocenters. The molecule has 0 aromatic rings. The molecule has 0 aliphatic heterocycles. The number of nitrogens with one attached hydrogen (secondary N) is 1. The molecule has 268 valence electrons. The van der Waals surface area contributed by atoms with Crippen molar-refractivity contribution in [2.24, 2.45) is 16.5 Å². The molecular weight excluding hydrogens is 588 g/mol. The maximum Gasteiger partial charge on any atom is 0.328 e. The predicted octanol–water partition coefficient (Wildman–Crippen LogP) is 6.38. The van der Waals surface area contributed by atoms with Crippen LogP contribution in [0.25, 0.3) is 0 Å². The van der Waals surface area contributed by atoms with Crippen molar-refractivity contribution in [3.8, 4) is 0 Å². The average molecular weight is 655 g/mol. The van der Waals surface area contributed by atoms with E-state index in [2.05, 4.69) is 24.2 Å². The number of nitrogens with zero attached hydrogens (tertiary/aromatic N) is 1. The fourth-order valence-electron chi connectivity index (χ4n) is 5.05. The molecule has 0 aromatic heterocycles. The van der Waals surface area contributed by atoms with Crippen molar-refractivity contribution < 1.29 is 33.4 Å². The van der Waals surface area contributed by atoms with E-state index in [0.29, 0.717) is 19.4 Å². The Morgan fingerprint density at radius 3 is 1.57 bits per heavy atom. The first-order valence-corrected chi connectivity index (χ1v) is 18.0. The SMILES string of the molecule is CCCCCCCCCCCC(=O)OC[C@@H](COC(=O)[C@H](CCCN=C(N)N)NC(C)=O)OC(=O)CCCCCCCCCCC. The molecule has 5 N–H and O–H groups in total. The molecule has 0 aliphatic carbocycles. The van der Waals surface area contributed by atoms with Crippen LogP contribution in [0.15, 0.2) is 4.99 Å². The van der Waals surface area contributed by atoms with Crippen molar-refractivity contribution in [3.63, 3.8) is 0 Å². The van der Waals surface area contributed by atoms with Gasteiger partial charge in [-0.25, -0.2) is 4.79 Å². The van der Waals surface area contributed by atoms with E-state index >= 15 is 0 Å². The lowest BCUT2D eigenvalue weighted by Crippen LogP contribution is -2.42. The molecule has 11 nitrogen and oxygen atoms in total. The van der Waals surface area contributed by atoms with Crippen molar-refractivity contribution in [2.75, 3.05) is 19.8 Å². The minimum Gasteiger partial charge on any atom is -0.462 e. The number of aliphatic imine (C=N–C) groups is 1. The van der Waals surface area contributed by atoms with Crippen LogP contribution >= 0.6 is 0 Å². The van der Waals surface area contributed by atoms with E-state index in [1.807, 2.05) is 0 Å². The Morgan fingerprint density at radius 2 is 1.09 bits per heavy atom. The summed E-state index contributed by atoms with van der Waals surface area (Å²) in [4.78, 5) is 53.4. The summed E-state index contributed by atoms with van der Waals surface area (Å²) < 4.78 is 16.4. The molecule has 0 saturated heterocycles. The van der Waals surface area contributed by atoms with Crippen LogP contribution in [-0.4, -0.2) is 61.7 Å². The van der Waals surface area contributed by atoms with Crippen LogP contribution in [0.5, 0.6) is 0 Å². The number of ether oxygens (including phenoxy) is 3. The molecule has 1 amide bonds. The Bertz CT molecular complexity index is 834. The van der Waals surface area contributed by atoms with E-state index in [-0.39, 0.29) is 44.4 Å². The molecule has 0 aliphatic rings. The van der Waals surface area contributed by atoms with Gasteiger partial charge in [-0.05, 0) is 25.7 Å². The standard InChI is InChI=1S/C35H66N4O7/c1-4-6-8-10-12-14-16-18-20-24-32(41)44-27-30(46-33(42)25-21-19-17-15-13-11-9-7-5-2)28-45-34(43)31(39-29(3)40)23-22-26-38-35(36)37/h30-31H,4-28H2,1-3H3,(H,39,40)(H4,36,37,38)/t30-,31-/m0/s1. The van der Waals surface area contributed by atoms with E-state index in [0.717, 1.165) is 38.5 Å². The van der Waals surface area contributed by atoms with Gasteiger partial charge in [-0.3, -0.25) is 19.4 Å². The van der Waals surface area contributed by atoms with Gasteiger partial charge in [-0.2, -0.15) is 0 Å². The number of esters is 3. The van der Waals surface area contributed by atoms with E-state index in [1.165, 1.54) is 77.6 Å². The quantitative estimate of drug-likeness (QED) is 0.0252. The predicted molar refractivity (Wildman–Crippen MR) is 183 cm³/mol. The zero-order valence-electron chi connectivity index (χ0n) is 29.3. The van der Waals surface area contributed by atoms with Gasteiger partial charge in [0.05, 0.1) is 0 Å². The zero-order valence-corrected chi connectivity index (χ0v) is 29.3. The first-order chi connectivity index (χ1) is 22.2. The Hall–Kier alpha value is -2.85. The average Bonchev–Trinajstić information content (AvgIpc) is 3.01. The van der Waals surface area contributed by atoms with Gasteiger partial charge < -0.3 is 31.0 Å². The van der Waals surface area contributed by atoms with Crippen LogP contribution in [0, 0.1) is 0 Å². The first kappa shape index (κ1) is 43.1. The van der Waals surface area contributed by atoms with Gasteiger partial charge in [0, 0.05) is 26.3 Å². The Morgan fingerprint density at radius 1 is 0.630 bits per heavy atom. The minimum absolute atomic E-state index is 0.0573. The van der Waals surface area contributed by atoms with Gasteiger partial charge in [-0.15, -0.1) is 0 Å². The van der Waals surface area contributed by atoms with Crippen LogP contribution in [0.4, 0.5) is 0 Å². The molecule has 0 unspecified atom stereocenters. The number of unbranched alkanes of at least 4 members (excludes halogenated alkanes) is 16. The molecule has 0 heterocycles. The van der Waals surface area contributed by atoms with Crippen LogP contribution in [0.3, 0.4) is 0 Å². The first-order valence-electron chi connectivity index (χ1n) is 18.0. The summed E-state index contributed by atoms with van der Waals surface area (Å²) in [6.45, 7) is 5.51. The molecular formula is C35H66N4O7. The molecule has 11 heteroatoms. The zero-order chi connectivity index (χ0) is 34.3. The highest BCUT2D eigenvalue weighted by Gasteiger charge is 2.24. The van der Waals surface area contributed by atoms with Crippen molar-refractivity contribution in [1.29, 1.82) is 0 Å². The number of carbonyl (C=O) groups excluding carboxylic acids is 4. The number of amides is 1. The molecule has 46 heavy (non-hydrogen) atoms. The summed E-state index contributed by atoms with van der Waals surface area (Å²) in [6, 6.07) is -0.917. The molecule has 0 saturated carbocycles. The van der Waals surface area contributed by atoms with E-state index < -0.39 is 30.0 Å². The van der Waals surface area contributed by atoms with Crippen LogP contribution in [-0.2, 0) is 33.4 Å². The Balaban J connectivity index is 4.80. The second-order valence-electron chi connectivity index (χ2n) is 12.3. The molecule has 0 fully saturated rings. The largest absolute Gasteiger partial charge is 0.462 e. The summed E-state index contributed by atoms with van der Waals surface area (Å²) in [6.07, 6.45) is 20.7. The number of hydrogen-bond donors (Lipinski definition) is 3. The summed E-state index contributed by atoms with van der Waals surface area (Å²) in [5.41, 5.74) is 10.7. The lowest BCUT2D eigenvalue weighted by molar-refractivity contribution is -0.167. The van der Waals surface area contributed by atoms with Crippen molar-refractivity contribution in [3.05, 3.63) is 0 Å². The highest BCUT2D eigenvalue weighted by atomic mass is 16.6. The number of hydrogen-bond acceptors (Lipinski definition) is 8. The Kier molecular flexibility index (Phi) is 28.9. The van der Waals surface area contributed by atoms with E-state index in [4.69, 9.17) is 25.7 Å². The summed E-state index contributed by atoms with van der Waals surface area (Å²) in [7, 11) is 0. The molecule has 0 spiro atoms. The highest BCUT2D eigenvalue weighted by Crippen LogP contribution is 2.13. The third-order valence-electron chi connectivity index (χ3n) is 7.72. The molecule has 0 aromatic carbocycles. The number of nitrogens with two attached hydrogens (primary N) is 2. The maximum atomic E-state index is 12.8. The topological polar surface area (TPSA) is 172 Å². The van der Waals surface area contributed by atoms with Crippen LogP contribution in [0.2, 0.25) is 0 Å². The van der Waals surface area contributed by atoms with Crippen LogP contribution in [0.1, 0.15) is 162 Å². The van der Waals surface area contributed by atoms with Crippen LogP contribution < -0.4 is 16.8 Å². The smallest absolute Gasteiger partial charge is 0.328 e. The maximum absolute atomic E-state index is 12.8. The van der Waals surface area contributed by atoms with Crippen molar-refractivity contribution >= 4 is 29.8 Å². The fraction of sp³-hybridized carbons (Fsp3) is 0.857. The van der Waals surface area contributed by atoms with Crippen molar-refractivity contribution in [1.82, 2.24) is 5.32 Å². The third-order valence-corrected chi connectivity index (χ3v) is 7.72. The summed E-state index contributed by atoms with van der Waals surface area (Å²) >= 11 is 0. The Labute approximate surface area is 278 Å². The van der Waals surface area contributed by atoms with E-state index in [9.17, 15) is 19.2 Å². The summed E-state index contributed by atoms with van der Waals surface area (Å²) in [5.74, 6) is -1.92. The molecule has 0 rings (SSSR count). The fourth-order valence-corrected chi connectivity index (χ4v) is 5.05. The van der Waals surface area contributed by atoms with Gasteiger partial charge in [0.15, 0.2) is 12.1 Å². The lowest BCUT2D eigenvalue weighted by Gasteiger charge is -2.21. The van der Waals surface area contributed by atoms with Gasteiger partial charge in [-0.1, -0.05) is 117 Å². The highest BCUT2D eigenvalue weighted by molar-refractivity contribution is 5.83. The monoisotopic (exact) mass is 654 g/mol. The minimum atomic E-state index is -0.943. The second-order valence-corrected chi connectivity index (χ2v) is 12.3. The number of rotatable bonds is 31.